The first kappa shape index (κ1) is 50.7. The number of phenolic OH excluding ortho intramolecular Hbond substituents is 1. The summed E-state index contributed by atoms with van der Waals surface area (Å²) < 4.78 is 26.9. The number of hydrogen-bond acceptors (Lipinski definition) is 16. The lowest BCUT2D eigenvalue weighted by Gasteiger charge is -2.72. The zero-order valence-electron chi connectivity index (χ0n) is 45.3. The van der Waals surface area contributed by atoms with E-state index in [9.17, 15) is 19.4 Å². The van der Waals surface area contributed by atoms with Gasteiger partial charge in [0.2, 0.25) is 11.6 Å². The summed E-state index contributed by atoms with van der Waals surface area (Å²) in [6.45, 7) is 9.91. The molecule has 6 fully saturated rings. The SMILES string of the molecule is CC(C)[C@@H](C(=O)N1C[C@H](O)C[C@H]1C1=NO[C@@](C)(c2ccc(-c3ccccc3F)cc2)N1)c1cc(O[C@H]2CC[C@@H](N3CCC(c4cnc(C56CC7CN(c8c[nH]c9nnc(-c%10ccccc%10O)cc89)CC(C5)N76)nc4)CC3)CC2)no1. The standard InChI is InChI=1S/C61H67FN12O6/c1-35(2)55(58(77)73-34-43(75)24-50(73)57-66-60(3,80-70-57)39-14-12-37(13-15-39)45-8-4-6-10-48(45)62)53-26-54(69-79-53)78-44-18-16-40(17-19-44)71-22-20-36(21-23-71)38-29-64-59(65-30-38)61-27-41-32-72(33-42(28-61)74(41)61)51-31-63-56-47(51)25-49(67-68-56)46-9-5-7-11-52(46)76/h4-15,25-26,29-31,35-36,40-44,50,55,75-76H,16-24,27-28,32-34H2,1-3H3,(H,63,68)(H,66,70)/t40-,41?,42?,43-,44+,50+,55-,60+,61?/m1/s1. The van der Waals surface area contributed by atoms with E-state index in [2.05, 4.69) is 57.9 Å². The Hall–Kier alpha value is -7.48. The largest absolute Gasteiger partial charge is 0.507 e. The number of piperazine rings is 1. The number of phenols is 1. The van der Waals surface area contributed by atoms with Crippen molar-refractivity contribution in [2.75, 3.05) is 37.6 Å². The maximum atomic E-state index is 14.5. The number of ether oxygens (including phenoxy) is 1. The third-order valence-corrected chi connectivity index (χ3v) is 18.7. The Kier molecular flexibility index (Phi) is 12.6. The highest BCUT2D eigenvalue weighted by molar-refractivity contribution is 5.95. The summed E-state index contributed by atoms with van der Waals surface area (Å²) in [7, 11) is 0. The summed E-state index contributed by atoms with van der Waals surface area (Å²) in [4.78, 5) is 43.5. The van der Waals surface area contributed by atoms with E-state index in [0.717, 1.165) is 111 Å². The predicted octanol–water partition coefficient (Wildman–Crippen LogP) is 8.55. The molecule has 6 aliphatic heterocycles. The van der Waals surface area contributed by atoms with Crippen LogP contribution >= 0.6 is 0 Å². The fourth-order valence-corrected chi connectivity index (χ4v) is 14.6. The summed E-state index contributed by atoms with van der Waals surface area (Å²) in [5, 5.41) is 43.4. The molecule has 0 bridgehead atoms. The number of aromatic nitrogens is 6. The van der Waals surface area contributed by atoms with Crippen LogP contribution in [0.4, 0.5) is 10.1 Å². The van der Waals surface area contributed by atoms with E-state index >= 15 is 0 Å². The second kappa shape index (κ2) is 20.0. The number of oxime groups is 1. The molecule has 0 radical (unpaired) electrons. The lowest BCUT2D eigenvalue weighted by atomic mass is 9.62. The fraction of sp³-hybridized carbons (Fsp3) is 0.459. The summed E-state index contributed by atoms with van der Waals surface area (Å²) in [6, 6.07) is 26.0. The summed E-state index contributed by atoms with van der Waals surface area (Å²) in [5.41, 5.74) is 5.39. The van der Waals surface area contributed by atoms with Crippen molar-refractivity contribution >= 4 is 28.5 Å². The van der Waals surface area contributed by atoms with Gasteiger partial charge in [0.15, 0.2) is 17.2 Å². The number of amidine groups is 1. The second-order valence-corrected chi connectivity index (χ2v) is 23.9. The first-order valence-electron chi connectivity index (χ1n) is 28.6. The van der Waals surface area contributed by atoms with Crippen LogP contribution in [0.2, 0.25) is 0 Å². The number of fused-ring (bicyclic) bond motifs is 1. The molecule has 5 saturated heterocycles. The van der Waals surface area contributed by atoms with Crippen LogP contribution in [0.15, 0.2) is 113 Å². The van der Waals surface area contributed by atoms with Crippen molar-refractivity contribution in [3.63, 3.8) is 0 Å². The van der Waals surface area contributed by atoms with Crippen molar-refractivity contribution in [2.24, 2.45) is 11.1 Å². The first-order valence-corrected chi connectivity index (χ1v) is 28.6. The summed E-state index contributed by atoms with van der Waals surface area (Å²) in [5.74, 6) is 1.58. The van der Waals surface area contributed by atoms with Crippen molar-refractivity contribution in [1.29, 1.82) is 0 Å². The molecule has 7 aliphatic rings. The topological polar surface area (TPSA) is 207 Å². The number of H-pyrrole nitrogens is 1. The normalized spacial score (nSPS) is 28.2. The minimum absolute atomic E-state index is 0.000793. The molecular weight excluding hydrogens is 1020 g/mol. The number of likely N-dealkylation sites (tertiary alicyclic amines) is 2. The van der Waals surface area contributed by atoms with Gasteiger partial charge in [-0.1, -0.05) is 73.6 Å². The number of benzene rings is 3. The molecule has 19 heteroatoms. The average Bonchev–Trinajstić information content (AvgIpc) is 4.49. The highest BCUT2D eigenvalue weighted by atomic mass is 19.1. The van der Waals surface area contributed by atoms with Gasteiger partial charge in [-0.3, -0.25) is 9.69 Å². The quantitative estimate of drug-likeness (QED) is 0.0854. The van der Waals surface area contributed by atoms with E-state index in [1.807, 2.05) is 75.5 Å². The number of aliphatic hydroxyl groups excluding tert-OH is 1. The van der Waals surface area contributed by atoms with E-state index in [-0.39, 0.29) is 41.6 Å². The number of carbonyl (C=O) groups excluding carboxylic acids is 1. The summed E-state index contributed by atoms with van der Waals surface area (Å²) in [6.07, 6.45) is 14.0. The Morgan fingerprint density at radius 3 is 2.31 bits per heavy atom. The molecule has 10 heterocycles. The number of piperidine rings is 2. The van der Waals surface area contributed by atoms with Crippen molar-refractivity contribution in [3.05, 3.63) is 132 Å². The monoisotopic (exact) mass is 1080 g/mol. The van der Waals surface area contributed by atoms with Crippen molar-refractivity contribution in [2.45, 2.75) is 138 Å². The average molecular weight is 1080 g/mol. The van der Waals surface area contributed by atoms with Crippen LogP contribution in [-0.2, 0) is 20.9 Å². The second-order valence-electron chi connectivity index (χ2n) is 23.9. The van der Waals surface area contributed by atoms with Gasteiger partial charge in [0, 0.05) is 97.8 Å². The fourth-order valence-electron chi connectivity index (χ4n) is 14.6. The van der Waals surface area contributed by atoms with Gasteiger partial charge in [-0.2, -0.15) is 0 Å². The number of aromatic amines is 1. The minimum atomic E-state index is -1.04. The number of hydrogen-bond donors (Lipinski definition) is 4. The lowest BCUT2D eigenvalue weighted by molar-refractivity contribution is -0.216. The molecule has 1 amide bonds. The van der Waals surface area contributed by atoms with Gasteiger partial charge >= 0.3 is 0 Å². The maximum absolute atomic E-state index is 14.5. The highest BCUT2D eigenvalue weighted by Gasteiger charge is 2.67. The van der Waals surface area contributed by atoms with Gasteiger partial charge < -0.3 is 49.3 Å². The number of carbonyl (C=O) groups is 1. The van der Waals surface area contributed by atoms with E-state index in [1.54, 1.807) is 35.2 Å². The zero-order valence-corrected chi connectivity index (χ0v) is 45.3. The lowest BCUT2D eigenvalue weighted by Crippen LogP contribution is -2.82. The number of anilines is 1. The molecule has 1 aliphatic carbocycles. The number of nitrogens with zero attached hydrogens (tertiary/aromatic N) is 10. The molecule has 2 unspecified atom stereocenters. The molecule has 414 valence electrons. The first-order chi connectivity index (χ1) is 38.9. The minimum Gasteiger partial charge on any atom is -0.507 e. The number of nitrogens with one attached hydrogen (secondary N) is 2. The third-order valence-electron chi connectivity index (χ3n) is 18.7. The Morgan fingerprint density at radius 2 is 1.59 bits per heavy atom. The van der Waals surface area contributed by atoms with Crippen LogP contribution in [-0.4, -0.2) is 136 Å². The summed E-state index contributed by atoms with van der Waals surface area (Å²) >= 11 is 0. The zero-order chi connectivity index (χ0) is 54.4. The molecule has 18 nitrogen and oxygen atoms in total. The maximum Gasteiger partial charge on any atom is 0.254 e. The van der Waals surface area contributed by atoms with Gasteiger partial charge in [-0.05, 0) is 117 Å². The van der Waals surface area contributed by atoms with Crippen LogP contribution in [0.5, 0.6) is 11.6 Å². The van der Waals surface area contributed by atoms with Gasteiger partial charge in [0.25, 0.3) is 5.88 Å². The number of aliphatic hydroxyl groups is 1. The Bertz CT molecular complexity index is 3450. The van der Waals surface area contributed by atoms with Crippen LogP contribution in [0.1, 0.15) is 113 Å². The number of halogens is 1. The van der Waals surface area contributed by atoms with Gasteiger partial charge in [0.05, 0.1) is 29.1 Å². The molecule has 6 atom stereocenters. The van der Waals surface area contributed by atoms with Crippen LogP contribution < -0.4 is 15.0 Å². The molecule has 1 saturated carbocycles. The van der Waals surface area contributed by atoms with Crippen LogP contribution in [0.25, 0.3) is 33.4 Å². The Balaban J connectivity index is 0.544. The smallest absolute Gasteiger partial charge is 0.254 e. The van der Waals surface area contributed by atoms with E-state index in [1.165, 1.54) is 11.6 Å². The van der Waals surface area contributed by atoms with Gasteiger partial charge in [0.1, 0.15) is 29.4 Å². The number of aromatic hydroxyl groups is 1. The number of amides is 1. The third kappa shape index (κ3) is 8.83. The van der Waals surface area contributed by atoms with Crippen molar-refractivity contribution in [1.82, 2.24) is 50.3 Å². The van der Waals surface area contributed by atoms with E-state index in [0.29, 0.717) is 64.8 Å². The highest BCUT2D eigenvalue weighted by Crippen LogP contribution is 2.59. The molecule has 4 N–H and O–H groups in total. The number of rotatable bonds is 13. The molecule has 3 aromatic carbocycles. The van der Waals surface area contributed by atoms with Crippen molar-refractivity contribution in [3.8, 4) is 34.0 Å². The Labute approximate surface area is 463 Å². The molecule has 0 spiro atoms. The van der Waals surface area contributed by atoms with Crippen LogP contribution in [0, 0.1) is 11.7 Å². The molecular formula is C61H67FN12O6. The van der Waals surface area contributed by atoms with Crippen LogP contribution in [0.3, 0.4) is 0 Å². The van der Waals surface area contributed by atoms with E-state index in [4.69, 9.17) is 24.1 Å². The Morgan fingerprint density at radius 1 is 0.863 bits per heavy atom. The molecule has 4 aromatic heterocycles. The molecule has 14 rings (SSSR count). The number of para-hydroxylation sites is 1. The predicted molar refractivity (Wildman–Crippen MR) is 297 cm³/mol. The van der Waals surface area contributed by atoms with Gasteiger partial charge in [-0.15, -0.1) is 10.2 Å². The molecule has 80 heavy (non-hydrogen) atoms. The van der Waals surface area contributed by atoms with E-state index < -0.39 is 23.8 Å². The van der Waals surface area contributed by atoms with Gasteiger partial charge in [-0.25, -0.2) is 14.4 Å². The number of β-amino-alcohol motifs (C(OH)–C–C–N with tert-alkyl or cyclic N) is 1. The molecule has 7 aromatic rings. The van der Waals surface area contributed by atoms with Crippen molar-refractivity contribution < 1.29 is 33.5 Å².